The first kappa shape index (κ1) is 26.2. The quantitative estimate of drug-likeness (QED) is 0.362. The first-order valence-corrected chi connectivity index (χ1v) is 13.6. The second-order valence-electron chi connectivity index (χ2n) is 9.73. The number of aromatic nitrogens is 4. The number of hydrogen-bond acceptors (Lipinski definition) is 5. The van der Waals surface area contributed by atoms with Crippen LogP contribution in [0, 0.1) is 13.8 Å². The van der Waals surface area contributed by atoms with Crippen molar-refractivity contribution in [3.8, 4) is 0 Å². The first-order valence-electron chi connectivity index (χ1n) is 12.4. The molecule has 4 aromatic rings. The molecule has 0 unspecified atom stereocenters. The average Bonchev–Trinajstić information content (AvgIpc) is 3.29. The molecule has 2 aromatic heterocycles. The summed E-state index contributed by atoms with van der Waals surface area (Å²) in [6.45, 7) is 7.34. The third kappa shape index (κ3) is 4.88. The van der Waals surface area contributed by atoms with Crippen LogP contribution in [-0.4, -0.2) is 54.9 Å². The molecule has 0 saturated carbocycles. The fourth-order valence-corrected chi connectivity index (χ4v) is 5.33. The van der Waals surface area contributed by atoms with E-state index in [9.17, 15) is 9.59 Å². The fourth-order valence-electron chi connectivity index (χ4n) is 4.77. The van der Waals surface area contributed by atoms with Crippen LogP contribution in [0.1, 0.15) is 16.7 Å². The molecule has 0 amide bonds. The molecule has 5 rings (SSSR count). The highest BCUT2D eigenvalue weighted by molar-refractivity contribution is 9.10. The number of hydrogen-bond donors (Lipinski definition) is 1. The highest BCUT2D eigenvalue weighted by Gasteiger charge is 2.26. The molecule has 0 bridgehead atoms. The number of piperazine rings is 1. The van der Waals surface area contributed by atoms with Crippen molar-refractivity contribution in [1.29, 1.82) is 0 Å². The summed E-state index contributed by atoms with van der Waals surface area (Å²) in [6, 6.07) is 14.3. The van der Waals surface area contributed by atoms with Gasteiger partial charge in [0.15, 0.2) is 16.3 Å². The number of imidazole rings is 1. The smallest absolute Gasteiger partial charge is 0.332 e. The van der Waals surface area contributed by atoms with Crippen LogP contribution in [0.3, 0.4) is 0 Å². The Hall–Kier alpha value is -3.44. The third-order valence-electron chi connectivity index (χ3n) is 7.07. The van der Waals surface area contributed by atoms with Gasteiger partial charge in [0.1, 0.15) is 0 Å². The van der Waals surface area contributed by atoms with Gasteiger partial charge in [-0.05, 0) is 61.0 Å². The molecule has 0 aliphatic carbocycles. The van der Waals surface area contributed by atoms with Crippen LogP contribution in [-0.2, 0) is 20.6 Å². The molecule has 0 atom stereocenters. The summed E-state index contributed by atoms with van der Waals surface area (Å²) in [4.78, 5) is 35.1. The molecule has 0 spiro atoms. The van der Waals surface area contributed by atoms with E-state index in [1.54, 1.807) is 7.05 Å². The molecule has 198 valence electrons. The topological polar surface area (TPSA) is 80.3 Å². The van der Waals surface area contributed by atoms with Crippen molar-refractivity contribution >= 4 is 56.1 Å². The monoisotopic (exact) mass is 595 g/mol. The van der Waals surface area contributed by atoms with Crippen molar-refractivity contribution in [3.05, 3.63) is 84.5 Å². The summed E-state index contributed by atoms with van der Waals surface area (Å²) >= 11 is 9.23. The number of halogens is 1. The number of thiocarbonyl (C=S) groups is 1. The van der Waals surface area contributed by atoms with Gasteiger partial charge in [0.05, 0.1) is 6.54 Å². The van der Waals surface area contributed by atoms with Crippen LogP contribution in [0.4, 0.5) is 11.6 Å². The molecule has 2 aromatic carbocycles. The van der Waals surface area contributed by atoms with Crippen molar-refractivity contribution < 1.29 is 0 Å². The number of aryl methyl sites for hydroxylation is 3. The van der Waals surface area contributed by atoms with E-state index in [-0.39, 0.29) is 5.56 Å². The fraction of sp³-hybridized carbons (Fsp3) is 0.333. The second kappa shape index (κ2) is 10.4. The Morgan fingerprint density at radius 2 is 1.68 bits per heavy atom. The number of rotatable bonds is 4. The number of nitrogens with zero attached hydrogens (tertiary/aromatic N) is 6. The van der Waals surface area contributed by atoms with E-state index in [2.05, 4.69) is 63.1 Å². The number of nitrogens with one attached hydrogen (secondary N) is 1. The molecule has 38 heavy (non-hydrogen) atoms. The van der Waals surface area contributed by atoms with E-state index in [1.165, 1.54) is 17.2 Å². The van der Waals surface area contributed by atoms with Gasteiger partial charge in [-0.1, -0.05) is 40.2 Å². The Labute approximate surface area is 234 Å². The Kier molecular flexibility index (Phi) is 7.15. The van der Waals surface area contributed by atoms with Crippen LogP contribution in [0.5, 0.6) is 0 Å². The lowest BCUT2D eigenvalue weighted by Gasteiger charge is -2.37. The normalized spacial score (nSPS) is 13.8. The standard InChI is InChI=1S/C27H30BrN7O2S/c1-17-5-6-18(2)21(15-17)29-26(38)34-13-11-33(12-14-34)25-30-23-22(24(36)32(4)27(37)31(23)3)35(25)16-19-7-9-20(28)10-8-19/h5-10,15H,11-14,16H2,1-4H3,(H,29,38). The highest BCUT2D eigenvalue weighted by Crippen LogP contribution is 2.24. The van der Waals surface area contributed by atoms with Gasteiger partial charge in [-0.25, -0.2) is 4.79 Å². The Morgan fingerprint density at radius 3 is 2.37 bits per heavy atom. The Morgan fingerprint density at radius 1 is 1.00 bits per heavy atom. The average molecular weight is 597 g/mol. The molecular weight excluding hydrogens is 566 g/mol. The van der Waals surface area contributed by atoms with Crippen LogP contribution < -0.4 is 21.5 Å². The molecule has 3 heterocycles. The van der Waals surface area contributed by atoms with E-state index in [1.807, 2.05) is 28.8 Å². The maximum Gasteiger partial charge on any atom is 0.332 e. The van der Waals surface area contributed by atoms with Gasteiger partial charge >= 0.3 is 5.69 Å². The van der Waals surface area contributed by atoms with Crippen LogP contribution in [0.25, 0.3) is 11.2 Å². The van der Waals surface area contributed by atoms with Gasteiger partial charge in [0.2, 0.25) is 5.95 Å². The van der Waals surface area contributed by atoms with Gasteiger partial charge in [-0.3, -0.25) is 18.5 Å². The summed E-state index contributed by atoms with van der Waals surface area (Å²) < 4.78 is 5.50. The molecule has 11 heteroatoms. The molecular formula is C27H30BrN7O2S. The molecule has 1 N–H and O–H groups in total. The van der Waals surface area contributed by atoms with E-state index < -0.39 is 5.69 Å². The summed E-state index contributed by atoms with van der Waals surface area (Å²) in [5.41, 5.74) is 4.43. The Balaban J connectivity index is 1.44. The summed E-state index contributed by atoms with van der Waals surface area (Å²) in [5, 5.41) is 4.10. The predicted octanol–water partition coefficient (Wildman–Crippen LogP) is 3.38. The largest absolute Gasteiger partial charge is 0.345 e. The molecule has 1 saturated heterocycles. The molecule has 1 aliphatic rings. The molecule has 1 aliphatic heterocycles. The minimum atomic E-state index is -0.393. The van der Waals surface area contributed by atoms with Gasteiger partial charge in [0, 0.05) is 50.4 Å². The zero-order valence-corrected chi connectivity index (χ0v) is 24.3. The van der Waals surface area contributed by atoms with Crippen molar-refractivity contribution in [1.82, 2.24) is 23.6 Å². The van der Waals surface area contributed by atoms with Gasteiger partial charge in [-0.2, -0.15) is 4.98 Å². The number of anilines is 2. The first-order chi connectivity index (χ1) is 18.1. The van der Waals surface area contributed by atoms with Gasteiger partial charge in [-0.15, -0.1) is 0 Å². The van der Waals surface area contributed by atoms with E-state index >= 15 is 0 Å². The summed E-state index contributed by atoms with van der Waals surface area (Å²) in [7, 11) is 3.16. The lowest BCUT2D eigenvalue weighted by atomic mass is 10.1. The van der Waals surface area contributed by atoms with Crippen LogP contribution in [0.2, 0.25) is 0 Å². The Bertz CT molecular complexity index is 1650. The number of fused-ring (bicyclic) bond motifs is 1. The second-order valence-corrected chi connectivity index (χ2v) is 11.0. The highest BCUT2D eigenvalue weighted by atomic mass is 79.9. The molecule has 0 radical (unpaired) electrons. The zero-order chi connectivity index (χ0) is 27.1. The minimum absolute atomic E-state index is 0.350. The van der Waals surface area contributed by atoms with Gasteiger partial charge < -0.3 is 15.1 Å². The lowest BCUT2D eigenvalue weighted by Crippen LogP contribution is -2.50. The maximum absolute atomic E-state index is 13.3. The SMILES string of the molecule is Cc1ccc(C)c(NC(=S)N2CCN(c3nc4c(c(=O)n(C)c(=O)n4C)n3Cc3ccc(Br)cc3)CC2)c1. The molecule has 1 fully saturated rings. The van der Waals surface area contributed by atoms with Crippen LogP contribution >= 0.6 is 28.1 Å². The van der Waals surface area contributed by atoms with Crippen molar-refractivity contribution in [3.63, 3.8) is 0 Å². The summed E-state index contributed by atoms with van der Waals surface area (Å²) in [5.74, 6) is 0.675. The minimum Gasteiger partial charge on any atom is -0.345 e. The lowest BCUT2D eigenvalue weighted by molar-refractivity contribution is 0.386. The number of benzene rings is 2. The van der Waals surface area contributed by atoms with Crippen molar-refractivity contribution in [2.24, 2.45) is 14.1 Å². The predicted molar refractivity (Wildman–Crippen MR) is 159 cm³/mol. The van der Waals surface area contributed by atoms with E-state index in [0.717, 1.165) is 25.9 Å². The maximum atomic E-state index is 13.3. The zero-order valence-electron chi connectivity index (χ0n) is 21.9. The summed E-state index contributed by atoms with van der Waals surface area (Å²) in [6.07, 6.45) is 0. The van der Waals surface area contributed by atoms with E-state index in [0.29, 0.717) is 54.9 Å². The molecule has 9 nitrogen and oxygen atoms in total. The third-order valence-corrected chi connectivity index (χ3v) is 7.96. The van der Waals surface area contributed by atoms with Gasteiger partial charge in [0.25, 0.3) is 5.56 Å². The van der Waals surface area contributed by atoms with Crippen LogP contribution in [0.15, 0.2) is 56.5 Å². The van der Waals surface area contributed by atoms with E-state index in [4.69, 9.17) is 17.2 Å². The van der Waals surface area contributed by atoms with Crippen molar-refractivity contribution in [2.45, 2.75) is 20.4 Å². The van der Waals surface area contributed by atoms with Crippen molar-refractivity contribution in [2.75, 3.05) is 36.4 Å².